The number of anilines is 1. The summed E-state index contributed by atoms with van der Waals surface area (Å²) in [6.45, 7) is 9.25. The molecule has 36 heavy (non-hydrogen) atoms. The maximum Gasteiger partial charge on any atom is 0.312 e. The lowest BCUT2D eigenvalue weighted by molar-refractivity contribution is -0.155. The highest BCUT2D eigenvalue weighted by Gasteiger charge is 2.77. The lowest BCUT2D eigenvalue weighted by Crippen LogP contribution is -2.60. The normalized spacial score (nSPS) is 31.5. The van der Waals surface area contributed by atoms with Gasteiger partial charge in [-0.15, -0.1) is 6.58 Å². The number of nitrogens with zero attached hydrogens (tertiary/aromatic N) is 2. The molecule has 7 atom stereocenters. The molecular weight excluding hydrogens is 552 g/mol. The number of hydrogen-bond acceptors (Lipinski definition) is 6. The Hall–Kier alpha value is -1.94. The van der Waals surface area contributed by atoms with Gasteiger partial charge in [-0.2, -0.15) is 0 Å². The van der Waals surface area contributed by atoms with Crippen molar-refractivity contribution in [2.75, 3.05) is 24.7 Å². The van der Waals surface area contributed by atoms with Crippen molar-refractivity contribution in [1.82, 2.24) is 4.90 Å². The van der Waals surface area contributed by atoms with E-state index in [-0.39, 0.29) is 36.4 Å². The van der Waals surface area contributed by atoms with Crippen molar-refractivity contribution in [3.63, 3.8) is 0 Å². The second kappa shape index (κ2) is 10.4. The van der Waals surface area contributed by atoms with E-state index in [0.717, 1.165) is 0 Å². The van der Waals surface area contributed by atoms with E-state index in [9.17, 15) is 19.5 Å². The molecule has 3 saturated heterocycles. The number of carbonyl (C=O) groups is 3. The molecule has 8 nitrogen and oxygen atoms in total. The predicted octanol–water partition coefficient (Wildman–Crippen LogP) is 3.19. The molecule has 3 heterocycles. The van der Waals surface area contributed by atoms with Gasteiger partial charge < -0.3 is 24.4 Å². The highest BCUT2D eigenvalue weighted by atomic mass is 79.9. The van der Waals surface area contributed by atoms with Gasteiger partial charge in [0.15, 0.2) is 0 Å². The molecule has 3 fully saturated rings. The summed E-state index contributed by atoms with van der Waals surface area (Å²) in [5, 5.41) is 10.7. The number of para-hydroxylation sites is 1. The van der Waals surface area contributed by atoms with Crippen LogP contribution in [0.5, 0.6) is 0 Å². The van der Waals surface area contributed by atoms with Gasteiger partial charge >= 0.3 is 5.97 Å². The number of rotatable bonds is 9. The van der Waals surface area contributed by atoms with Crippen LogP contribution < -0.4 is 4.90 Å². The third-order valence-corrected chi connectivity index (χ3v) is 8.72. The fourth-order valence-corrected chi connectivity index (χ4v) is 7.27. The summed E-state index contributed by atoms with van der Waals surface area (Å²) in [4.78, 5) is 44.3. The van der Waals surface area contributed by atoms with Crippen LogP contribution in [0, 0.1) is 17.8 Å². The van der Waals surface area contributed by atoms with Gasteiger partial charge in [-0.1, -0.05) is 59.6 Å². The first-order chi connectivity index (χ1) is 17.1. The number of likely N-dealkylation sites (tertiary alicyclic amines) is 1. The van der Waals surface area contributed by atoms with Gasteiger partial charge in [0.25, 0.3) is 5.91 Å². The fraction of sp³-hybridized carbons (Fsp3) is 0.577. The van der Waals surface area contributed by atoms with Crippen LogP contribution >= 0.6 is 27.5 Å². The molecule has 1 aromatic rings. The molecule has 3 aliphatic rings. The molecule has 3 aliphatic heterocycles. The Morgan fingerprint density at radius 2 is 2.11 bits per heavy atom. The molecule has 1 unspecified atom stereocenters. The lowest BCUT2D eigenvalue weighted by atomic mass is 9.70. The first kappa shape index (κ1) is 27.1. The molecule has 2 amide bonds. The SMILES string of the molecule is C=CCN(C(=O)[C@H]1N([C@@H](CO)C(C)C)C(=O)[C@@H]2[C@@H](C(=O)OCC)[C@@H]3O[C@@]21CC3Br)c1ccccc1Cl. The topological polar surface area (TPSA) is 96.4 Å². The second-order valence-corrected chi connectivity index (χ2v) is 11.4. The summed E-state index contributed by atoms with van der Waals surface area (Å²) in [6.07, 6.45) is 1.35. The Kier molecular flexibility index (Phi) is 7.86. The smallest absolute Gasteiger partial charge is 0.312 e. The van der Waals surface area contributed by atoms with Crippen LogP contribution in [0.4, 0.5) is 5.69 Å². The summed E-state index contributed by atoms with van der Waals surface area (Å²) in [5.74, 6) is -3.19. The number of ether oxygens (including phenoxy) is 2. The maximum absolute atomic E-state index is 14.5. The van der Waals surface area contributed by atoms with Crippen LogP contribution in [-0.2, 0) is 23.9 Å². The van der Waals surface area contributed by atoms with E-state index in [1.165, 1.54) is 9.80 Å². The minimum absolute atomic E-state index is 0.149. The molecule has 1 spiro atoms. The zero-order chi connectivity index (χ0) is 26.4. The zero-order valence-electron chi connectivity index (χ0n) is 20.6. The van der Waals surface area contributed by atoms with Gasteiger partial charge in [-0.25, -0.2) is 0 Å². The number of esters is 1. The van der Waals surface area contributed by atoms with Crippen LogP contribution in [0.3, 0.4) is 0 Å². The van der Waals surface area contributed by atoms with E-state index in [2.05, 4.69) is 22.5 Å². The molecular formula is C26H32BrClN2O6. The lowest BCUT2D eigenvalue weighted by Gasteiger charge is -2.40. The van der Waals surface area contributed by atoms with E-state index in [0.29, 0.717) is 17.1 Å². The zero-order valence-corrected chi connectivity index (χ0v) is 22.9. The average Bonchev–Trinajstić information content (AvgIpc) is 3.42. The van der Waals surface area contributed by atoms with Crippen molar-refractivity contribution >= 4 is 51.0 Å². The average molecular weight is 584 g/mol. The molecule has 2 bridgehead atoms. The van der Waals surface area contributed by atoms with Crippen molar-refractivity contribution < 1.29 is 29.0 Å². The number of hydrogen-bond donors (Lipinski definition) is 1. The quantitative estimate of drug-likeness (QED) is 0.273. The summed E-state index contributed by atoms with van der Waals surface area (Å²) in [7, 11) is 0. The first-order valence-electron chi connectivity index (χ1n) is 12.2. The molecule has 4 rings (SSSR count). The molecule has 0 aromatic heterocycles. The Balaban J connectivity index is 1.87. The minimum atomic E-state index is -1.26. The van der Waals surface area contributed by atoms with Gasteiger partial charge in [-0.05, 0) is 31.4 Å². The Bertz CT molecular complexity index is 1050. The third-order valence-electron chi connectivity index (χ3n) is 7.55. The Morgan fingerprint density at radius 3 is 2.69 bits per heavy atom. The maximum atomic E-state index is 14.5. The second-order valence-electron chi connectivity index (χ2n) is 9.84. The van der Waals surface area contributed by atoms with Gasteiger partial charge in [0, 0.05) is 11.4 Å². The van der Waals surface area contributed by atoms with Gasteiger partial charge in [0.2, 0.25) is 5.91 Å². The van der Waals surface area contributed by atoms with E-state index >= 15 is 0 Å². The summed E-state index contributed by atoms with van der Waals surface area (Å²) >= 11 is 10.1. The number of halogens is 2. The molecule has 196 valence electrons. The molecule has 0 aliphatic carbocycles. The van der Waals surface area contributed by atoms with Crippen LogP contribution in [0.2, 0.25) is 5.02 Å². The fourth-order valence-electron chi connectivity index (χ4n) is 6.09. The third kappa shape index (κ3) is 4.08. The van der Waals surface area contributed by atoms with E-state index in [4.69, 9.17) is 21.1 Å². The number of fused-ring (bicyclic) bond motifs is 1. The number of aliphatic hydroxyl groups excluding tert-OH is 1. The van der Waals surface area contributed by atoms with E-state index < -0.39 is 47.5 Å². The minimum Gasteiger partial charge on any atom is -0.466 e. The van der Waals surface area contributed by atoms with E-state index in [1.807, 2.05) is 13.8 Å². The standard InChI is InChI=1S/C26H32BrClN2O6/c1-5-11-29(17-10-8-7-9-16(17)28)24(33)22-26-12-15(27)21(36-26)19(25(34)35-6-2)20(26)23(32)30(22)18(13-31)14(3)4/h5,7-10,14-15,18-22,31H,1,6,11-13H2,2-4H3/t15?,18-,19+,20-,21+,22+,26-/m0/s1. The number of aliphatic hydroxyl groups is 1. The Morgan fingerprint density at radius 1 is 1.42 bits per heavy atom. The van der Waals surface area contributed by atoms with Gasteiger partial charge in [0.1, 0.15) is 11.6 Å². The number of carbonyl (C=O) groups excluding carboxylic acids is 3. The van der Waals surface area contributed by atoms with Crippen molar-refractivity contribution in [2.24, 2.45) is 17.8 Å². The monoisotopic (exact) mass is 582 g/mol. The summed E-state index contributed by atoms with van der Waals surface area (Å²) in [5.41, 5.74) is -0.778. The molecule has 1 N–H and O–H groups in total. The van der Waals surface area contributed by atoms with Crippen molar-refractivity contribution in [2.45, 2.75) is 55.8 Å². The van der Waals surface area contributed by atoms with Crippen LogP contribution in [0.15, 0.2) is 36.9 Å². The molecule has 1 aromatic carbocycles. The van der Waals surface area contributed by atoms with Crippen LogP contribution in [-0.4, -0.2) is 76.2 Å². The highest BCUT2D eigenvalue weighted by Crippen LogP contribution is 2.61. The molecule has 10 heteroatoms. The summed E-state index contributed by atoms with van der Waals surface area (Å²) < 4.78 is 11.8. The first-order valence-corrected chi connectivity index (χ1v) is 13.5. The van der Waals surface area contributed by atoms with Crippen molar-refractivity contribution in [3.05, 3.63) is 41.9 Å². The number of amides is 2. The van der Waals surface area contributed by atoms with Crippen molar-refractivity contribution in [1.29, 1.82) is 0 Å². The van der Waals surface area contributed by atoms with E-state index in [1.54, 1.807) is 37.3 Å². The molecule has 0 radical (unpaired) electrons. The number of alkyl halides is 1. The van der Waals surface area contributed by atoms with Crippen molar-refractivity contribution in [3.8, 4) is 0 Å². The van der Waals surface area contributed by atoms with Gasteiger partial charge in [0.05, 0.1) is 47.9 Å². The van der Waals surface area contributed by atoms with Crippen LogP contribution in [0.25, 0.3) is 0 Å². The van der Waals surface area contributed by atoms with Gasteiger partial charge in [-0.3, -0.25) is 14.4 Å². The Labute approximate surface area is 224 Å². The molecule has 0 saturated carbocycles. The summed E-state index contributed by atoms with van der Waals surface area (Å²) in [6, 6.07) is 5.24. The predicted molar refractivity (Wildman–Crippen MR) is 139 cm³/mol. The highest BCUT2D eigenvalue weighted by molar-refractivity contribution is 9.09. The van der Waals surface area contributed by atoms with Crippen LogP contribution in [0.1, 0.15) is 27.2 Å². The number of benzene rings is 1. The largest absolute Gasteiger partial charge is 0.466 e.